The number of likely N-dealkylation sites (N-methyl/N-ethyl adjacent to an activating group) is 1. The number of rotatable bonds is 8. The molecule has 2 amide bonds. The molecule has 7 heteroatoms. The van der Waals surface area contributed by atoms with Gasteiger partial charge in [-0.3, -0.25) is 9.59 Å². The predicted octanol–water partition coefficient (Wildman–Crippen LogP) is -0.647. The van der Waals surface area contributed by atoms with Gasteiger partial charge in [0.2, 0.25) is 11.8 Å². The lowest BCUT2D eigenvalue weighted by atomic mass is 9.88. The summed E-state index contributed by atoms with van der Waals surface area (Å²) in [7, 11) is -0.648. The van der Waals surface area contributed by atoms with Gasteiger partial charge in [0.05, 0.1) is 0 Å². The molecule has 18 heavy (non-hydrogen) atoms. The number of nitrogens with one attached hydrogen (secondary N) is 3. The molecule has 0 rings (SSSR count). The second-order valence-electron chi connectivity index (χ2n) is 4.35. The number of hydrogen-bond acceptors (Lipinski definition) is 4. The fourth-order valence-corrected chi connectivity index (χ4v) is 1.40. The van der Waals surface area contributed by atoms with Crippen LogP contribution in [0.1, 0.15) is 27.2 Å². The first-order chi connectivity index (χ1) is 8.42. The van der Waals surface area contributed by atoms with E-state index >= 15 is 0 Å². The van der Waals surface area contributed by atoms with Crippen LogP contribution in [0.3, 0.4) is 0 Å². The Morgan fingerprint density at radius 1 is 1.28 bits per heavy atom. The number of hydrogen-bond donors (Lipinski definition) is 4. The fourth-order valence-electron chi connectivity index (χ4n) is 1.40. The van der Waals surface area contributed by atoms with Gasteiger partial charge >= 0.3 is 7.05 Å². The Balaban J connectivity index is 4.21. The Bertz CT molecular complexity index is 274. The molecule has 0 heterocycles. The van der Waals surface area contributed by atoms with Crippen LogP contribution in [0, 0.1) is 5.92 Å². The average Bonchev–Trinajstić information content (AvgIpc) is 2.32. The molecular weight excluding hydrogens is 233 g/mol. The molecule has 0 aromatic rings. The first-order valence-corrected chi connectivity index (χ1v) is 6.41. The molecule has 0 saturated heterocycles. The molecular formula is C11H24BN3O3. The molecule has 0 aliphatic rings. The molecule has 0 aliphatic heterocycles. The number of carbonyl (C=O) groups is 2. The second kappa shape index (κ2) is 8.94. The maximum Gasteiger partial charge on any atom is 0.373 e. The van der Waals surface area contributed by atoms with Gasteiger partial charge < -0.3 is 20.9 Å². The second-order valence-corrected chi connectivity index (χ2v) is 4.35. The van der Waals surface area contributed by atoms with E-state index in [0.717, 1.165) is 0 Å². The van der Waals surface area contributed by atoms with Crippen molar-refractivity contribution in [2.75, 3.05) is 13.1 Å². The van der Waals surface area contributed by atoms with Crippen LogP contribution < -0.4 is 15.9 Å². The highest BCUT2D eigenvalue weighted by Gasteiger charge is 2.21. The quantitative estimate of drug-likeness (QED) is 0.435. The lowest BCUT2D eigenvalue weighted by Crippen LogP contribution is -2.49. The Morgan fingerprint density at radius 2 is 1.89 bits per heavy atom. The van der Waals surface area contributed by atoms with Crippen molar-refractivity contribution >= 4 is 18.9 Å². The van der Waals surface area contributed by atoms with Crippen LogP contribution in [0.15, 0.2) is 0 Å². The molecule has 6 nitrogen and oxygen atoms in total. The Labute approximate surface area is 109 Å². The first kappa shape index (κ1) is 16.9. The number of carbonyl (C=O) groups excluding carboxylic acids is 2. The summed E-state index contributed by atoms with van der Waals surface area (Å²) in [6.45, 7) is 7.93. The topological polar surface area (TPSA) is 90.5 Å². The summed E-state index contributed by atoms with van der Waals surface area (Å²) in [6.07, 6.45) is 0.550. The van der Waals surface area contributed by atoms with E-state index in [-0.39, 0.29) is 17.7 Å². The van der Waals surface area contributed by atoms with E-state index in [2.05, 4.69) is 15.9 Å². The van der Waals surface area contributed by atoms with Gasteiger partial charge in [-0.05, 0) is 26.7 Å². The third-order valence-electron chi connectivity index (χ3n) is 2.56. The molecule has 4 N–H and O–H groups in total. The van der Waals surface area contributed by atoms with Crippen molar-refractivity contribution < 1.29 is 14.6 Å². The molecule has 0 aliphatic carbocycles. The predicted molar refractivity (Wildman–Crippen MR) is 71.9 cm³/mol. The van der Waals surface area contributed by atoms with Crippen molar-refractivity contribution in [3.05, 3.63) is 0 Å². The molecule has 2 unspecified atom stereocenters. The van der Waals surface area contributed by atoms with E-state index in [1.165, 1.54) is 0 Å². The Morgan fingerprint density at radius 3 is 2.33 bits per heavy atom. The molecule has 104 valence electrons. The van der Waals surface area contributed by atoms with E-state index in [1.807, 2.05) is 13.8 Å². The highest BCUT2D eigenvalue weighted by molar-refractivity contribution is 6.45. The number of amides is 2. The highest BCUT2D eigenvalue weighted by atomic mass is 16.2. The summed E-state index contributed by atoms with van der Waals surface area (Å²) in [5, 5.41) is 17.2. The first-order valence-electron chi connectivity index (χ1n) is 6.41. The van der Waals surface area contributed by atoms with E-state index in [4.69, 9.17) is 5.02 Å². The maximum absolute atomic E-state index is 11.8. The van der Waals surface area contributed by atoms with Gasteiger partial charge in [-0.25, -0.2) is 0 Å². The standard InChI is InChI=1S/C11H24BN3O3/c1-5-9(11(17)13-6-2)15-10(16)8(3)7-14-12(4)18/h8-9,14,18H,5-7H2,1-4H3,(H,13,17)(H,15,16). The van der Waals surface area contributed by atoms with E-state index in [0.29, 0.717) is 19.5 Å². The van der Waals surface area contributed by atoms with E-state index < -0.39 is 13.1 Å². The third-order valence-corrected chi connectivity index (χ3v) is 2.56. The van der Waals surface area contributed by atoms with Gasteiger partial charge in [-0.1, -0.05) is 13.8 Å². The Hall–Kier alpha value is -1.08. The van der Waals surface area contributed by atoms with Crippen molar-refractivity contribution in [2.24, 2.45) is 5.92 Å². The van der Waals surface area contributed by atoms with Gasteiger partial charge in [0.25, 0.3) is 0 Å². The van der Waals surface area contributed by atoms with Crippen molar-refractivity contribution in [3.8, 4) is 0 Å². The molecule has 0 aromatic heterocycles. The highest BCUT2D eigenvalue weighted by Crippen LogP contribution is 1.97. The van der Waals surface area contributed by atoms with Gasteiger partial charge in [0.15, 0.2) is 0 Å². The largest absolute Gasteiger partial charge is 0.437 e. The summed E-state index contributed by atoms with van der Waals surface area (Å²) >= 11 is 0. The van der Waals surface area contributed by atoms with Crippen LogP contribution in [-0.2, 0) is 9.59 Å². The molecule has 0 spiro atoms. The lowest BCUT2D eigenvalue weighted by molar-refractivity contribution is -0.130. The molecule has 0 radical (unpaired) electrons. The fraction of sp³-hybridized carbons (Fsp3) is 0.818. The van der Waals surface area contributed by atoms with Crippen molar-refractivity contribution in [1.29, 1.82) is 0 Å². The van der Waals surface area contributed by atoms with Gasteiger partial charge in [0, 0.05) is 12.5 Å². The molecule has 0 fully saturated rings. The monoisotopic (exact) mass is 257 g/mol. The zero-order valence-electron chi connectivity index (χ0n) is 11.6. The van der Waals surface area contributed by atoms with E-state index in [9.17, 15) is 9.59 Å². The third kappa shape index (κ3) is 6.61. The van der Waals surface area contributed by atoms with E-state index in [1.54, 1.807) is 13.7 Å². The lowest BCUT2D eigenvalue weighted by Gasteiger charge is -2.19. The average molecular weight is 257 g/mol. The van der Waals surface area contributed by atoms with Gasteiger partial charge in [0.1, 0.15) is 6.04 Å². The molecule has 2 atom stereocenters. The minimum atomic E-state index is -0.648. The maximum atomic E-state index is 11.8. The van der Waals surface area contributed by atoms with Crippen LogP contribution >= 0.6 is 0 Å². The van der Waals surface area contributed by atoms with Gasteiger partial charge in [-0.2, -0.15) is 0 Å². The molecule has 0 bridgehead atoms. The summed E-state index contributed by atoms with van der Waals surface area (Å²) in [5.74, 6) is -0.659. The zero-order chi connectivity index (χ0) is 14.1. The van der Waals surface area contributed by atoms with Crippen molar-refractivity contribution in [2.45, 2.75) is 40.1 Å². The molecule has 0 aromatic carbocycles. The Kier molecular flexibility index (Phi) is 8.40. The van der Waals surface area contributed by atoms with Crippen LogP contribution in [-0.4, -0.2) is 43.0 Å². The molecule has 0 saturated carbocycles. The van der Waals surface area contributed by atoms with Crippen molar-refractivity contribution in [1.82, 2.24) is 15.9 Å². The van der Waals surface area contributed by atoms with Crippen LogP contribution in [0.4, 0.5) is 0 Å². The summed E-state index contributed by atoms with van der Waals surface area (Å²) in [5.41, 5.74) is 0. The van der Waals surface area contributed by atoms with Gasteiger partial charge in [-0.15, -0.1) is 0 Å². The zero-order valence-corrected chi connectivity index (χ0v) is 11.6. The summed E-state index contributed by atoms with van der Waals surface area (Å²) in [4.78, 5) is 23.4. The minimum Gasteiger partial charge on any atom is -0.437 e. The van der Waals surface area contributed by atoms with Crippen LogP contribution in [0.5, 0.6) is 0 Å². The smallest absolute Gasteiger partial charge is 0.373 e. The van der Waals surface area contributed by atoms with Crippen LogP contribution in [0.2, 0.25) is 6.82 Å². The SMILES string of the molecule is CCNC(=O)C(CC)NC(=O)C(C)CNB(C)O. The minimum absolute atomic E-state index is 0.163. The summed E-state index contributed by atoms with van der Waals surface area (Å²) < 4.78 is 0. The summed E-state index contributed by atoms with van der Waals surface area (Å²) in [6, 6.07) is -0.494. The normalized spacial score (nSPS) is 13.6. The van der Waals surface area contributed by atoms with Crippen molar-refractivity contribution in [3.63, 3.8) is 0 Å². The van der Waals surface area contributed by atoms with Crippen LogP contribution in [0.25, 0.3) is 0 Å².